The summed E-state index contributed by atoms with van der Waals surface area (Å²) in [4.78, 5) is 60.1. The summed E-state index contributed by atoms with van der Waals surface area (Å²) in [6.07, 6.45) is -2.39. The van der Waals surface area contributed by atoms with Crippen LogP contribution in [0.2, 0.25) is 0 Å². The normalized spacial score (nSPS) is 12.9. The number of nitrogens with one attached hydrogen (secondary N) is 1. The van der Waals surface area contributed by atoms with E-state index in [-0.39, 0.29) is 48.4 Å². The average Bonchev–Trinajstić information content (AvgIpc) is 2.87. The fraction of sp³-hybridized carbons (Fsp3) is 0.346. The molecule has 2 N–H and O–H groups in total. The van der Waals surface area contributed by atoms with Gasteiger partial charge in [0, 0.05) is 19.9 Å². The molecule has 13 heteroatoms. The molecule has 0 spiro atoms. The number of hydrogen-bond acceptors (Lipinski definition) is 10. The van der Waals surface area contributed by atoms with Crippen molar-refractivity contribution in [2.45, 2.75) is 39.7 Å². The molecule has 0 saturated carbocycles. The van der Waals surface area contributed by atoms with Gasteiger partial charge in [-0.15, -0.1) is 0 Å². The number of carbonyl (C=O) groups is 5. The predicted octanol–water partition coefficient (Wildman–Crippen LogP) is 3.63. The second-order valence-electron chi connectivity index (χ2n) is 8.09. The van der Waals surface area contributed by atoms with E-state index in [1.807, 2.05) is 0 Å². The van der Waals surface area contributed by atoms with E-state index in [2.05, 4.69) is 5.32 Å². The monoisotopic (exact) mass is 563 g/mol. The first-order chi connectivity index (χ1) is 18.5. The lowest BCUT2D eigenvalue weighted by Gasteiger charge is -2.22. The predicted molar refractivity (Wildman–Crippen MR) is 138 cm³/mol. The third kappa shape index (κ3) is 9.99. The highest BCUT2D eigenvalue weighted by Gasteiger charge is 2.32. The minimum absolute atomic E-state index is 0.0922. The van der Waals surface area contributed by atoms with Crippen molar-refractivity contribution in [3.05, 3.63) is 59.7 Å². The molecule has 0 aliphatic heterocycles. The van der Waals surface area contributed by atoms with Crippen molar-refractivity contribution < 1.29 is 52.2 Å². The van der Waals surface area contributed by atoms with E-state index < -0.39 is 49.7 Å². The zero-order chi connectivity index (χ0) is 29.0. The van der Waals surface area contributed by atoms with Crippen LogP contribution in [0, 0.1) is 0 Å². The van der Waals surface area contributed by atoms with Gasteiger partial charge in [0.05, 0.1) is 30.3 Å². The number of amides is 1. The Hall–Kier alpha value is -4.02. The fourth-order valence-electron chi connectivity index (χ4n) is 3.25. The molecule has 1 amide bonds. The van der Waals surface area contributed by atoms with E-state index in [1.54, 1.807) is 37.3 Å². The van der Waals surface area contributed by atoms with Crippen molar-refractivity contribution in [2.24, 2.45) is 0 Å². The van der Waals surface area contributed by atoms with Crippen LogP contribution in [-0.4, -0.2) is 60.1 Å². The topological polar surface area (TPSA) is 172 Å². The van der Waals surface area contributed by atoms with Gasteiger partial charge in [-0.3, -0.25) is 23.7 Å². The second-order valence-corrected chi connectivity index (χ2v) is 10.1. The fourth-order valence-corrected chi connectivity index (χ4v) is 4.89. The highest BCUT2D eigenvalue weighted by Crippen LogP contribution is 2.49. The summed E-state index contributed by atoms with van der Waals surface area (Å²) < 4.78 is 34.6. The molecule has 2 aromatic rings. The third-order valence-electron chi connectivity index (χ3n) is 4.97. The Balaban J connectivity index is 2.23. The van der Waals surface area contributed by atoms with Crippen LogP contribution in [0.25, 0.3) is 0 Å². The Morgan fingerprint density at radius 1 is 0.974 bits per heavy atom. The summed E-state index contributed by atoms with van der Waals surface area (Å²) in [6, 6.07) is 12.1. The largest absolute Gasteiger partial charge is 0.481 e. The minimum atomic E-state index is -4.01. The number of Topliss-reactive ketones (excluding diaryl/α,β-unsaturated/α-hetero) is 1. The lowest BCUT2D eigenvalue weighted by Crippen LogP contribution is -2.30. The van der Waals surface area contributed by atoms with Crippen molar-refractivity contribution in [3.8, 4) is 11.5 Å². The number of ether oxygens (including phenoxy) is 2. The van der Waals surface area contributed by atoms with Crippen LogP contribution in [-0.2, 0) is 28.2 Å². The molecule has 0 aromatic heterocycles. The second kappa shape index (κ2) is 14.8. The van der Waals surface area contributed by atoms with Gasteiger partial charge in [0.15, 0.2) is 17.6 Å². The Kier molecular flexibility index (Phi) is 11.8. The molecule has 2 aromatic carbocycles. The molecule has 1 unspecified atom stereocenters. The summed E-state index contributed by atoms with van der Waals surface area (Å²) in [7, 11) is -4.01. The number of aliphatic carboxylic acids is 1. The Bertz CT molecular complexity index is 1250. The van der Waals surface area contributed by atoms with Crippen molar-refractivity contribution in [1.82, 2.24) is 5.32 Å². The van der Waals surface area contributed by atoms with E-state index >= 15 is 0 Å². The Morgan fingerprint density at radius 3 is 2.26 bits per heavy atom. The van der Waals surface area contributed by atoms with Gasteiger partial charge >= 0.3 is 25.5 Å². The van der Waals surface area contributed by atoms with Gasteiger partial charge < -0.3 is 24.4 Å². The molecule has 210 valence electrons. The van der Waals surface area contributed by atoms with Crippen LogP contribution in [0.4, 0.5) is 0 Å². The Labute approximate surface area is 225 Å². The van der Waals surface area contributed by atoms with E-state index in [9.17, 15) is 28.5 Å². The maximum absolute atomic E-state index is 13.5. The first-order valence-electron chi connectivity index (χ1n) is 12.0. The van der Waals surface area contributed by atoms with Gasteiger partial charge in [-0.05, 0) is 38.1 Å². The number of esters is 2. The Morgan fingerprint density at radius 2 is 1.64 bits per heavy atom. The minimum Gasteiger partial charge on any atom is -0.481 e. The lowest BCUT2D eigenvalue weighted by molar-refractivity contribution is -0.150. The molecule has 0 aliphatic carbocycles. The maximum atomic E-state index is 13.5. The van der Waals surface area contributed by atoms with Crippen LogP contribution >= 0.6 is 7.60 Å². The number of benzene rings is 2. The van der Waals surface area contributed by atoms with Gasteiger partial charge in [0.2, 0.25) is 0 Å². The SMILES string of the molecule is CCOC(=O)[C@@H](C)OP(=O)(CCNC(=O)c1cccc(C(=O)CCC(=O)O)c1OC(C)=O)Oc1ccccc1. The molecule has 0 bridgehead atoms. The van der Waals surface area contributed by atoms with Crippen molar-refractivity contribution in [3.63, 3.8) is 0 Å². The third-order valence-corrected chi connectivity index (χ3v) is 6.87. The molecule has 0 radical (unpaired) electrons. The highest BCUT2D eigenvalue weighted by molar-refractivity contribution is 7.54. The standard InChI is InChI=1S/C26H30NO11P/c1-4-35-26(33)17(2)37-39(34,38-19-9-6-5-7-10-19)16-15-27-25(32)21-12-8-11-20(24(21)36-18(3)28)22(29)13-14-23(30)31/h5-12,17H,4,13-16H2,1-3H3,(H,27,32)(H,30,31)/t17-,39?/m1/s1. The summed E-state index contributed by atoms with van der Waals surface area (Å²) in [5, 5.41) is 11.4. The van der Waals surface area contributed by atoms with E-state index in [4.69, 9.17) is 23.6 Å². The van der Waals surface area contributed by atoms with E-state index in [1.165, 1.54) is 25.1 Å². The molecule has 0 saturated heterocycles. The molecule has 0 aliphatic rings. The lowest BCUT2D eigenvalue weighted by atomic mass is 10.0. The van der Waals surface area contributed by atoms with Crippen LogP contribution in [0.15, 0.2) is 48.5 Å². The van der Waals surface area contributed by atoms with Crippen molar-refractivity contribution in [2.75, 3.05) is 19.3 Å². The molecular formula is C26H30NO11P. The van der Waals surface area contributed by atoms with Crippen molar-refractivity contribution in [1.29, 1.82) is 0 Å². The van der Waals surface area contributed by atoms with Gasteiger partial charge in [0.1, 0.15) is 5.75 Å². The highest BCUT2D eigenvalue weighted by atomic mass is 31.2. The number of hydrogen-bond donors (Lipinski definition) is 2. The first kappa shape index (κ1) is 31.2. The summed E-state index contributed by atoms with van der Waals surface area (Å²) in [6.45, 7) is 3.89. The first-order valence-corrected chi connectivity index (χ1v) is 13.7. The molecule has 2 atom stereocenters. The molecular weight excluding hydrogens is 533 g/mol. The van der Waals surface area contributed by atoms with E-state index in [0.717, 1.165) is 6.92 Å². The zero-order valence-corrected chi connectivity index (χ0v) is 22.6. The molecule has 39 heavy (non-hydrogen) atoms. The molecule has 2 rings (SSSR count). The van der Waals surface area contributed by atoms with Gasteiger partial charge in [-0.2, -0.15) is 0 Å². The summed E-state index contributed by atoms with van der Waals surface area (Å²) >= 11 is 0. The maximum Gasteiger partial charge on any atom is 0.381 e. The van der Waals surface area contributed by atoms with E-state index in [0.29, 0.717) is 0 Å². The number of ketones is 1. The summed E-state index contributed by atoms with van der Waals surface area (Å²) in [5.74, 6) is -4.25. The van der Waals surface area contributed by atoms with Crippen LogP contribution in [0.3, 0.4) is 0 Å². The number of rotatable bonds is 15. The number of carbonyl (C=O) groups excluding carboxylic acids is 4. The molecule has 12 nitrogen and oxygen atoms in total. The molecule has 0 fully saturated rings. The number of carboxylic acids is 1. The quantitative estimate of drug-likeness (QED) is 0.140. The van der Waals surface area contributed by atoms with Gasteiger partial charge in [-0.25, -0.2) is 9.36 Å². The zero-order valence-electron chi connectivity index (χ0n) is 21.7. The number of carboxylic acid groups (broad SMARTS) is 1. The smallest absolute Gasteiger partial charge is 0.381 e. The van der Waals surface area contributed by atoms with Crippen LogP contribution in [0.5, 0.6) is 11.5 Å². The van der Waals surface area contributed by atoms with Crippen LogP contribution < -0.4 is 14.6 Å². The summed E-state index contributed by atoms with van der Waals surface area (Å²) in [5.41, 5.74) is -0.310. The van der Waals surface area contributed by atoms with Gasteiger partial charge in [0.25, 0.3) is 5.91 Å². The van der Waals surface area contributed by atoms with Gasteiger partial charge in [-0.1, -0.05) is 24.3 Å². The molecule has 0 heterocycles. The average molecular weight is 563 g/mol. The van der Waals surface area contributed by atoms with Crippen LogP contribution in [0.1, 0.15) is 54.3 Å². The number of para-hydroxylation sites is 2. The van der Waals surface area contributed by atoms with Crippen molar-refractivity contribution >= 4 is 37.2 Å².